The minimum atomic E-state index is -0.773. The van der Waals surface area contributed by atoms with Gasteiger partial charge >= 0.3 is 17.9 Å². The first kappa shape index (κ1) is 78.1. The molecule has 0 amide bonds. The first-order chi connectivity index (χ1) is 40.0. The van der Waals surface area contributed by atoms with Gasteiger partial charge in [0.25, 0.3) is 0 Å². The van der Waals surface area contributed by atoms with Crippen LogP contribution in [0.15, 0.2) is 60.8 Å². The summed E-state index contributed by atoms with van der Waals surface area (Å²) >= 11 is 0. The second kappa shape index (κ2) is 69.6. The molecule has 0 N–H and O–H groups in total. The lowest BCUT2D eigenvalue weighted by Gasteiger charge is -2.18. The van der Waals surface area contributed by atoms with Gasteiger partial charge in [0.2, 0.25) is 0 Å². The quantitative estimate of drug-likeness (QED) is 0.0261. The molecule has 1 atom stereocenters. The smallest absolute Gasteiger partial charge is 0.306 e. The number of unbranched alkanes of at least 4 members (excludes halogenated alkanes) is 45. The van der Waals surface area contributed by atoms with Crippen LogP contribution in [0.1, 0.15) is 380 Å². The average molecular weight is 1130 g/mol. The first-order valence-electron chi connectivity index (χ1n) is 35.8. The van der Waals surface area contributed by atoms with Crippen LogP contribution in [0.4, 0.5) is 0 Å². The molecule has 0 aliphatic heterocycles. The molecule has 6 heteroatoms. The second-order valence-corrected chi connectivity index (χ2v) is 24.1. The molecule has 0 aromatic rings. The summed E-state index contributed by atoms with van der Waals surface area (Å²) in [6, 6.07) is 0. The highest BCUT2D eigenvalue weighted by Gasteiger charge is 2.19. The van der Waals surface area contributed by atoms with E-state index in [1.165, 1.54) is 257 Å². The van der Waals surface area contributed by atoms with Crippen molar-refractivity contribution in [3.63, 3.8) is 0 Å². The molecule has 0 bridgehead atoms. The Morgan fingerprint density at radius 2 is 0.481 bits per heavy atom. The van der Waals surface area contributed by atoms with Crippen molar-refractivity contribution in [1.29, 1.82) is 0 Å². The van der Waals surface area contributed by atoms with E-state index in [0.717, 1.165) is 83.5 Å². The molecule has 0 aliphatic carbocycles. The summed E-state index contributed by atoms with van der Waals surface area (Å²) in [4.78, 5) is 38.4. The number of hydrogen-bond acceptors (Lipinski definition) is 6. The highest BCUT2D eigenvalue weighted by atomic mass is 16.6. The Balaban J connectivity index is 4.12. The molecule has 6 nitrogen and oxygen atoms in total. The van der Waals surface area contributed by atoms with Crippen LogP contribution in [-0.2, 0) is 28.6 Å². The third-order valence-corrected chi connectivity index (χ3v) is 16.0. The van der Waals surface area contributed by atoms with Crippen LogP contribution < -0.4 is 0 Å². The normalized spacial score (nSPS) is 12.4. The highest BCUT2D eigenvalue weighted by Crippen LogP contribution is 2.18. The maximum atomic E-state index is 12.9. The summed E-state index contributed by atoms with van der Waals surface area (Å²) in [7, 11) is 0. The van der Waals surface area contributed by atoms with E-state index in [0.29, 0.717) is 19.3 Å². The molecule has 0 aliphatic rings. The molecule has 0 fully saturated rings. The summed E-state index contributed by atoms with van der Waals surface area (Å²) in [5.41, 5.74) is 0. The van der Waals surface area contributed by atoms with Gasteiger partial charge in [0.1, 0.15) is 13.2 Å². The summed E-state index contributed by atoms with van der Waals surface area (Å²) < 4.78 is 17.0. The van der Waals surface area contributed by atoms with Gasteiger partial charge in [-0.3, -0.25) is 14.4 Å². The molecule has 0 spiro atoms. The third kappa shape index (κ3) is 67.8. The monoisotopic (exact) mass is 1130 g/mol. The van der Waals surface area contributed by atoms with E-state index in [9.17, 15) is 14.4 Å². The maximum absolute atomic E-state index is 12.9. The summed E-state index contributed by atoms with van der Waals surface area (Å²) in [5, 5.41) is 0. The molecule has 81 heavy (non-hydrogen) atoms. The van der Waals surface area contributed by atoms with E-state index in [2.05, 4.69) is 81.5 Å². The van der Waals surface area contributed by atoms with E-state index in [4.69, 9.17) is 14.2 Å². The fourth-order valence-electron chi connectivity index (χ4n) is 10.7. The number of allylic oxidation sites excluding steroid dienone is 10. The Kier molecular flexibility index (Phi) is 67.1. The van der Waals surface area contributed by atoms with Crippen molar-refractivity contribution in [3.8, 4) is 0 Å². The number of carbonyl (C=O) groups is 3. The lowest BCUT2D eigenvalue weighted by molar-refractivity contribution is -0.167. The van der Waals surface area contributed by atoms with E-state index >= 15 is 0 Å². The van der Waals surface area contributed by atoms with Crippen molar-refractivity contribution in [3.05, 3.63) is 60.8 Å². The molecule has 0 saturated carbocycles. The largest absolute Gasteiger partial charge is 0.462 e. The Labute approximate surface area is 504 Å². The molecule has 0 saturated heterocycles. The molecule has 0 radical (unpaired) electrons. The van der Waals surface area contributed by atoms with Crippen molar-refractivity contribution >= 4 is 17.9 Å². The van der Waals surface area contributed by atoms with Gasteiger partial charge in [-0.15, -0.1) is 0 Å². The predicted octanol–water partition coefficient (Wildman–Crippen LogP) is 24.7. The van der Waals surface area contributed by atoms with Crippen LogP contribution in [0.5, 0.6) is 0 Å². The number of esters is 3. The molecule has 472 valence electrons. The Hall–Kier alpha value is -2.89. The second-order valence-electron chi connectivity index (χ2n) is 24.1. The van der Waals surface area contributed by atoms with Crippen molar-refractivity contribution in [2.45, 2.75) is 386 Å². The van der Waals surface area contributed by atoms with Gasteiger partial charge in [-0.2, -0.15) is 0 Å². The van der Waals surface area contributed by atoms with Gasteiger partial charge in [0.05, 0.1) is 0 Å². The van der Waals surface area contributed by atoms with Gasteiger partial charge in [0, 0.05) is 19.3 Å². The summed E-state index contributed by atoms with van der Waals surface area (Å²) in [6.07, 6.45) is 89.7. The van der Waals surface area contributed by atoms with Crippen molar-refractivity contribution in [2.75, 3.05) is 13.2 Å². The maximum Gasteiger partial charge on any atom is 0.306 e. The van der Waals surface area contributed by atoms with Crippen molar-refractivity contribution < 1.29 is 28.6 Å². The van der Waals surface area contributed by atoms with Gasteiger partial charge in [0.15, 0.2) is 6.10 Å². The zero-order valence-electron chi connectivity index (χ0n) is 54.3. The Bertz CT molecular complexity index is 1440. The number of rotatable bonds is 66. The predicted molar refractivity (Wildman–Crippen MR) is 353 cm³/mol. The van der Waals surface area contributed by atoms with Crippen molar-refractivity contribution in [2.24, 2.45) is 0 Å². The highest BCUT2D eigenvalue weighted by molar-refractivity contribution is 5.71. The number of ether oxygens (including phenoxy) is 3. The van der Waals surface area contributed by atoms with Gasteiger partial charge in [-0.25, -0.2) is 0 Å². The lowest BCUT2D eigenvalue weighted by atomic mass is 10.0. The molecule has 0 aromatic heterocycles. The molecule has 0 aromatic carbocycles. The van der Waals surface area contributed by atoms with Crippen LogP contribution in [0.25, 0.3) is 0 Å². The van der Waals surface area contributed by atoms with E-state index in [1.807, 2.05) is 0 Å². The fraction of sp³-hybridized carbons (Fsp3) is 0.827. The molecule has 0 heterocycles. The van der Waals surface area contributed by atoms with E-state index in [-0.39, 0.29) is 31.1 Å². The zero-order chi connectivity index (χ0) is 58.5. The first-order valence-corrected chi connectivity index (χ1v) is 35.8. The summed E-state index contributed by atoms with van der Waals surface area (Å²) in [6.45, 7) is 6.58. The molecular weight excluding hydrogens is 997 g/mol. The van der Waals surface area contributed by atoms with Crippen LogP contribution >= 0.6 is 0 Å². The van der Waals surface area contributed by atoms with Gasteiger partial charge in [-0.05, 0) is 83.5 Å². The average Bonchev–Trinajstić information content (AvgIpc) is 3.46. The summed E-state index contributed by atoms with van der Waals surface area (Å²) in [5.74, 6) is -0.847. The van der Waals surface area contributed by atoms with Crippen LogP contribution in [0.2, 0.25) is 0 Å². The molecule has 1 unspecified atom stereocenters. The fourth-order valence-corrected chi connectivity index (χ4v) is 10.7. The van der Waals surface area contributed by atoms with Crippen LogP contribution in [0.3, 0.4) is 0 Å². The molecular formula is C75H136O6. The van der Waals surface area contributed by atoms with Gasteiger partial charge in [-0.1, -0.05) is 338 Å². The minimum Gasteiger partial charge on any atom is -0.462 e. The molecule has 0 rings (SSSR count). The van der Waals surface area contributed by atoms with E-state index < -0.39 is 6.10 Å². The Morgan fingerprint density at radius 1 is 0.259 bits per heavy atom. The zero-order valence-corrected chi connectivity index (χ0v) is 54.3. The number of carbonyl (C=O) groups excluding carboxylic acids is 3. The number of hydrogen-bond donors (Lipinski definition) is 0. The third-order valence-electron chi connectivity index (χ3n) is 16.0. The van der Waals surface area contributed by atoms with Crippen molar-refractivity contribution in [1.82, 2.24) is 0 Å². The Morgan fingerprint density at radius 3 is 0.765 bits per heavy atom. The SMILES string of the molecule is CC/C=C\C/C=C\C/C=C\C/C=C\CCCCCCCCCCCCCCCCCCCCCCC(=O)OCC(COC(=O)CCCCCCCCCCCCCCC)OC(=O)CCCCCCCCC/C=C\CCCCCCCC. The van der Waals surface area contributed by atoms with Crippen LogP contribution in [0, 0.1) is 0 Å². The standard InChI is InChI=1S/C75H136O6/c1-4-7-10-13-16-19-22-25-27-29-30-31-32-33-34-35-36-37-38-39-40-41-42-43-44-46-47-50-53-56-59-62-65-68-74(77)80-71-72(70-79-73(76)67-64-61-58-55-52-49-24-21-18-15-12-9-6-3)81-75(78)69-66-63-60-57-54-51-48-45-28-26-23-20-17-14-11-8-5-2/h7,10,16,19,25-28,30-31,72H,4-6,8-9,11-15,17-18,20-24,29,32-71H2,1-3H3/b10-7-,19-16-,27-25-,28-26-,31-30-. The van der Waals surface area contributed by atoms with E-state index in [1.54, 1.807) is 0 Å². The minimum absolute atomic E-state index is 0.0691. The van der Waals surface area contributed by atoms with Gasteiger partial charge < -0.3 is 14.2 Å². The van der Waals surface area contributed by atoms with Crippen LogP contribution in [-0.4, -0.2) is 37.2 Å². The topological polar surface area (TPSA) is 78.9 Å². The lowest BCUT2D eigenvalue weighted by Crippen LogP contribution is -2.30.